The highest BCUT2D eigenvalue weighted by Crippen LogP contribution is 2.49. The summed E-state index contributed by atoms with van der Waals surface area (Å²) in [6, 6.07) is 10.0. The highest BCUT2D eigenvalue weighted by Gasteiger charge is 2.40. The molecule has 2 aliphatic rings. The molecule has 2 aliphatic carbocycles. The van der Waals surface area contributed by atoms with Gasteiger partial charge in [-0.2, -0.15) is 0 Å². The summed E-state index contributed by atoms with van der Waals surface area (Å²) in [4.78, 5) is 0. The lowest BCUT2D eigenvalue weighted by molar-refractivity contribution is 0.897. The zero-order valence-corrected chi connectivity index (χ0v) is 11.6. The van der Waals surface area contributed by atoms with Crippen LogP contribution in [-0.2, 0) is 0 Å². The van der Waals surface area contributed by atoms with Crippen LogP contribution < -0.4 is 5.32 Å². The maximum Gasteiger partial charge on any atom is 0.231 e. The van der Waals surface area contributed by atoms with Crippen LogP contribution in [-0.4, -0.2) is 14.8 Å². The first-order chi connectivity index (χ1) is 9.83. The summed E-state index contributed by atoms with van der Waals surface area (Å²) in [5.41, 5.74) is 2.23. The molecule has 0 saturated heterocycles. The van der Waals surface area contributed by atoms with Gasteiger partial charge in [0.05, 0.1) is 0 Å². The third-order valence-electron chi connectivity index (χ3n) is 3.81. The number of aromatic amines is 1. The Balaban J connectivity index is 1.73. The number of hydrogen-bond donors (Lipinski definition) is 2. The van der Waals surface area contributed by atoms with Gasteiger partial charge < -0.3 is 5.32 Å². The molecule has 0 bridgehead atoms. The monoisotopic (exact) mass is 282 g/mol. The lowest BCUT2D eigenvalue weighted by atomic mass is 10.1. The number of nitrogens with zero attached hydrogens (tertiary/aromatic N) is 2. The Morgan fingerprint density at radius 1 is 1.30 bits per heavy atom. The molecule has 20 heavy (non-hydrogen) atoms. The summed E-state index contributed by atoms with van der Waals surface area (Å²) < 4.78 is 2.65. The number of nitrogens with one attached hydrogen (secondary N) is 2. The van der Waals surface area contributed by atoms with E-state index in [-0.39, 0.29) is 0 Å². The highest BCUT2D eigenvalue weighted by atomic mass is 32.1. The normalized spacial score (nSPS) is 23.1. The molecule has 4 nitrogen and oxygen atoms in total. The van der Waals surface area contributed by atoms with E-state index in [1.54, 1.807) is 0 Å². The van der Waals surface area contributed by atoms with Crippen LogP contribution in [0, 0.1) is 16.6 Å². The van der Waals surface area contributed by atoms with Gasteiger partial charge in [-0.25, -0.2) is 5.10 Å². The molecular weight excluding hydrogens is 268 g/mol. The average molecular weight is 282 g/mol. The fourth-order valence-corrected chi connectivity index (χ4v) is 2.94. The van der Waals surface area contributed by atoms with E-state index in [1.807, 2.05) is 34.9 Å². The van der Waals surface area contributed by atoms with Crippen molar-refractivity contribution in [3.05, 3.63) is 53.3 Å². The molecule has 1 aromatic carbocycles. The Bertz CT molecular complexity index is 754. The van der Waals surface area contributed by atoms with Crippen LogP contribution in [0.3, 0.4) is 0 Å². The summed E-state index contributed by atoms with van der Waals surface area (Å²) in [5.74, 6) is 2.00. The van der Waals surface area contributed by atoms with E-state index in [1.165, 1.54) is 12.1 Å². The van der Waals surface area contributed by atoms with E-state index in [0.717, 1.165) is 11.6 Å². The molecule has 4 rings (SSSR count). The smallest absolute Gasteiger partial charge is 0.231 e. The molecule has 0 amide bonds. The Kier molecular flexibility index (Phi) is 2.60. The fourth-order valence-electron chi connectivity index (χ4n) is 2.70. The number of para-hydroxylation sites is 1. The summed E-state index contributed by atoms with van der Waals surface area (Å²) in [5, 5.41) is 10.5. The molecule has 0 aliphatic heterocycles. The van der Waals surface area contributed by atoms with Crippen molar-refractivity contribution in [3.63, 3.8) is 0 Å². The second-order valence-electron chi connectivity index (χ2n) is 5.16. The van der Waals surface area contributed by atoms with Crippen LogP contribution >= 0.6 is 12.2 Å². The van der Waals surface area contributed by atoms with Crippen molar-refractivity contribution in [2.45, 2.75) is 6.42 Å². The van der Waals surface area contributed by atoms with Gasteiger partial charge in [-0.05, 0) is 42.8 Å². The van der Waals surface area contributed by atoms with Gasteiger partial charge >= 0.3 is 0 Å². The van der Waals surface area contributed by atoms with Gasteiger partial charge in [0.2, 0.25) is 10.7 Å². The van der Waals surface area contributed by atoms with E-state index >= 15 is 0 Å². The lowest BCUT2D eigenvalue weighted by Crippen LogP contribution is -2.06. The van der Waals surface area contributed by atoms with Crippen LogP contribution in [0.4, 0.5) is 11.6 Å². The molecule has 100 valence electrons. The molecule has 2 aromatic rings. The van der Waals surface area contributed by atoms with Gasteiger partial charge in [-0.15, -0.1) is 5.10 Å². The van der Waals surface area contributed by atoms with E-state index in [2.05, 4.69) is 33.7 Å². The quantitative estimate of drug-likeness (QED) is 0.843. The highest BCUT2D eigenvalue weighted by molar-refractivity contribution is 7.71. The number of H-pyrrole nitrogens is 1. The van der Waals surface area contributed by atoms with E-state index < -0.39 is 0 Å². The lowest BCUT2D eigenvalue weighted by Gasteiger charge is -2.13. The predicted molar refractivity (Wildman–Crippen MR) is 82.1 cm³/mol. The summed E-state index contributed by atoms with van der Waals surface area (Å²) in [6.07, 6.45) is 7.72. The van der Waals surface area contributed by atoms with Gasteiger partial charge in [0.15, 0.2) is 0 Å². The summed E-state index contributed by atoms with van der Waals surface area (Å²) in [7, 11) is 0. The SMILES string of the molecule is S=c1[nH]nc(Nc2ccccc2)n1C1=CC=CC2CC12. The summed E-state index contributed by atoms with van der Waals surface area (Å²) in [6.45, 7) is 0. The van der Waals surface area contributed by atoms with Gasteiger partial charge in [-0.1, -0.05) is 30.4 Å². The van der Waals surface area contributed by atoms with Crippen molar-refractivity contribution in [1.82, 2.24) is 14.8 Å². The first-order valence-corrected chi connectivity index (χ1v) is 7.12. The molecular formula is C15H14N4S. The van der Waals surface area contributed by atoms with Gasteiger partial charge in [-0.3, -0.25) is 4.57 Å². The minimum atomic E-state index is 0.584. The molecule has 1 heterocycles. The van der Waals surface area contributed by atoms with E-state index in [0.29, 0.717) is 16.6 Å². The minimum Gasteiger partial charge on any atom is -0.324 e. The number of rotatable bonds is 3. The van der Waals surface area contributed by atoms with Crippen molar-refractivity contribution < 1.29 is 0 Å². The summed E-state index contributed by atoms with van der Waals surface area (Å²) >= 11 is 5.38. The van der Waals surface area contributed by atoms with Crippen molar-refractivity contribution in [2.75, 3.05) is 5.32 Å². The second kappa shape index (κ2) is 4.45. The second-order valence-corrected chi connectivity index (χ2v) is 5.55. The Labute approximate surface area is 121 Å². The van der Waals surface area contributed by atoms with Crippen molar-refractivity contribution >= 4 is 29.6 Å². The molecule has 1 aromatic heterocycles. The Hall–Kier alpha value is -2.14. The Morgan fingerprint density at radius 2 is 2.15 bits per heavy atom. The molecule has 0 spiro atoms. The number of benzene rings is 1. The first kappa shape index (κ1) is 11.7. The zero-order chi connectivity index (χ0) is 13.5. The van der Waals surface area contributed by atoms with Crippen LogP contribution in [0.15, 0.2) is 48.6 Å². The molecule has 2 atom stereocenters. The molecule has 1 saturated carbocycles. The standard InChI is InChI=1S/C15H14N4S/c20-15-18-17-14(16-11-6-2-1-3-7-11)19(15)13-8-4-5-10-9-12(10)13/h1-8,10,12H,9H2,(H,16,17)(H,18,20). The maximum atomic E-state index is 5.38. The number of fused-ring (bicyclic) bond motifs is 1. The van der Waals surface area contributed by atoms with Crippen molar-refractivity contribution in [1.29, 1.82) is 0 Å². The Morgan fingerprint density at radius 3 is 3.00 bits per heavy atom. The average Bonchev–Trinajstić information content (AvgIpc) is 3.19. The topological polar surface area (TPSA) is 45.6 Å². The first-order valence-electron chi connectivity index (χ1n) is 6.71. The fraction of sp³-hybridized carbons (Fsp3) is 0.200. The van der Waals surface area contributed by atoms with Crippen molar-refractivity contribution in [2.24, 2.45) is 11.8 Å². The van der Waals surface area contributed by atoms with Crippen LogP contribution in [0.25, 0.3) is 5.70 Å². The molecule has 1 fully saturated rings. The molecule has 0 radical (unpaired) electrons. The van der Waals surface area contributed by atoms with Gasteiger partial charge in [0, 0.05) is 17.3 Å². The number of aromatic nitrogens is 3. The third-order valence-corrected chi connectivity index (χ3v) is 4.08. The largest absolute Gasteiger partial charge is 0.324 e. The zero-order valence-electron chi connectivity index (χ0n) is 10.8. The van der Waals surface area contributed by atoms with Crippen LogP contribution in [0.5, 0.6) is 0 Å². The molecule has 2 unspecified atom stereocenters. The van der Waals surface area contributed by atoms with Gasteiger partial charge in [0.25, 0.3) is 0 Å². The van der Waals surface area contributed by atoms with Crippen LogP contribution in [0.2, 0.25) is 0 Å². The third kappa shape index (κ3) is 1.91. The van der Waals surface area contributed by atoms with E-state index in [4.69, 9.17) is 12.2 Å². The molecule has 2 N–H and O–H groups in total. The maximum absolute atomic E-state index is 5.38. The number of anilines is 2. The predicted octanol–water partition coefficient (Wildman–Crippen LogP) is 3.73. The van der Waals surface area contributed by atoms with E-state index in [9.17, 15) is 0 Å². The van der Waals surface area contributed by atoms with Gasteiger partial charge in [0.1, 0.15) is 0 Å². The van der Waals surface area contributed by atoms with Crippen molar-refractivity contribution in [3.8, 4) is 0 Å². The van der Waals surface area contributed by atoms with Crippen LogP contribution in [0.1, 0.15) is 6.42 Å². The number of hydrogen-bond acceptors (Lipinski definition) is 3. The number of allylic oxidation sites excluding steroid dienone is 4. The molecule has 5 heteroatoms. The minimum absolute atomic E-state index is 0.584.